The van der Waals surface area contributed by atoms with Gasteiger partial charge in [-0.05, 0) is 24.6 Å². The van der Waals surface area contributed by atoms with Gasteiger partial charge in [0.2, 0.25) is 0 Å². The molecule has 0 saturated heterocycles. The summed E-state index contributed by atoms with van der Waals surface area (Å²) in [5.41, 5.74) is 0.405. The minimum absolute atomic E-state index is 0.0427. The highest BCUT2D eigenvalue weighted by Crippen LogP contribution is 2.25. The third kappa shape index (κ3) is 3.02. The maximum absolute atomic E-state index is 11.6. The Bertz CT molecular complexity index is 388. The van der Waals surface area contributed by atoms with Crippen molar-refractivity contribution in [3.05, 3.63) is 36.4 Å². The van der Waals surface area contributed by atoms with Crippen molar-refractivity contribution in [3.63, 3.8) is 0 Å². The van der Waals surface area contributed by atoms with E-state index in [2.05, 4.69) is 11.9 Å². The molecule has 0 aliphatic heterocycles. The van der Waals surface area contributed by atoms with E-state index in [-0.39, 0.29) is 11.7 Å². The molecule has 86 valence electrons. The fraction of sp³-hybridized carbons (Fsp3) is 0.250. The highest BCUT2D eigenvalue weighted by atomic mass is 16.5. The number of nitrogens with one attached hydrogen (secondary N) is 1. The number of ether oxygens (including phenoxy) is 1. The van der Waals surface area contributed by atoms with Crippen molar-refractivity contribution in [1.29, 1.82) is 0 Å². The van der Waals surface area contributed by atoms with E-state index in [1.165, 1.54) is 13.2 Å². The molecule has 4 heteroatoms. The lowest BCUT2D eigenvalue weighted by molar-refractivity contribution is 0.0954. The van der Waals surface area contributed by atoms with E-state index in [0.29, 0.717) is 24.3 Å². The van der Waals surface area contributed by atoms with Crippen LogP contribution in [0, 0.1) is 0 Å². The summed E-state index contributed by atoms with van der Waals surface area (Å²) in [4.78, 5) is 11.6. The molecule has 0 heterocycles. The quantitative estimate of drug-likeness (QED) is 0.587. The van der Waals surface area contributed by atoms with Gasteiger partial charge in [0, 0.05) is 12.1 Å². The van der Waals surface area contributed by atoms with Crippen LogP contribution in [0.4, 0.5) is 0 Å². The first-order valence-electron chi connectivity index (χ1n) is 4.95. The molecule has 0 aliphatic carbocycles. The molecule has 4 nitrogen and oxygen atoms in total. The summed E-state index contributed by atoms with van der Waals surface area (Å²) in [6.45, 7) is 4.10. The molecule has 0 atom stereocenters. The smallest absolute Gasteiger partial charge is 0.251 e. The molecular formula is C12H15NO3. The van der Waals surface area contributed by atoms with E-state index in [0.717, 1.165) is 0 Å². The van der Waals surface area contributed by atoms with Crippen molar-refractivity contribution in [1.82, 2.24) is 5.32 Å². The highest BCUT2D eigenvalue weighted by Gasteiger charge is 2.08. The Morgan fingerprint density at radius 1 is 1.62 bits per heavy atom. The number of methoxy groups -OCH3 is 1. The van der Waals surface area contributed by atoms with Crippen LogP contribution in [0.3, 0.4) is 0 Å². The van der Waals surface area contributed by atoms with Crippen molar-refractivity contribution < 1.29 is 14.6 Å². The number of hydrogen-bond acceptors (Lipinski definition) is 3. The number of aromatic hydroxyl groups is 1. The minimum atomic E-state index is -0.222. The lowest BCUT2D eigenvalue weighted by Crippen LogP contribution is -2.23. The molecule has 0 bridgehead atoms. The molecule has 0 saturated carbocycles. The molecule has 2 N–H and O–H groups in total. The molecule has 0 aromatic heterocycles. The van der Waals surface area contributed by atoms with Crippen LogP contribution in [0.25, 0.3) is 0 Å². The van der Waals surface area contributed by atoms with Crippen molar-refractivity contribution in [2.45, 2.75) is 6.42 Å². The van der Waals surface area contributed by atoms with Gasteiger partial charge in [0.15, 0.2) is 11.5 Å². The van der Waals surface area contributed by atoms with Crippen LogP contribution in [-0.4, -0.2) is 24.7 Å². The van der Waals surface area contributed by atoms with Crippen LogP contribution in [0.1, 0.15) is 16.8 Å². The topological polar surface area (TPSA) is 58.6 Å². The van der Waals surface area contributed by atoms with Gasteiger partial charge >= 0.3 is 0 Å². The number of rotatable bonds is 5. The zero-order valence-electron chi connectivity index (χ0n) is 9.19. The van der Waals surface area contributed by atoms with E-state index in [1.54, 1.807) is 18.2 Å². The Balaban J connectivity index is 2.69. The Hall–Kier alpha value is -1.97. The molecule has 0 radical (unpaired) electrons. The van der Waals surface area contributed by atoms with Crippen molar-refractivity contribution in [3.8, 4) is 11.5 Å². The van der Waals surface area contributed by atoms with Crippen LogP contribution in [-0.2, 0) is 0 Å². The molecule has 1 rings (SSSR count). The molecule has 0 spiro atoms. The second-order valence-electron chi connectivity index (χ2n) is 3.22. The zero-order chi connectivity index (χ0) is 12.0. The predicted molar refractivity (Wildman–Crippen MR) is 61.8 cm³/mol. The number of carbonyl (C=O) groups excluding carboxylic acids is 1. The van der Waals surface area contributed by atoms with Gasteiger partial charge in [0.25, 0.3) is 5.91 Å². The van der Waals surface area contributed by atoms with E-state index in [1.807, 2.05) is 0 Å². The van der Waals surface area contributed by atoms with Crippen molar-refractivity contribution >= 4 is 5.91 Å². The summed E-state index contributed by atoms with van der Waals surface area (Å²) >= 11 is 0. The minimum Gasteiger partial charge on any atom is -0.504 e. The monoisotopic (exact) mass is 221 g/mol. The fourth-order valence-corrected chi connectivity index (χ4v) is 1.22. The molecule has 0 aliphatic rings. The standard InChI is InChI=1S/C12H15NO3/c1-3-4-7-13-12(15)9-5-6-11(16-2)10(14)8-9/h3,5-6,8,14H,1,4,7H2,2H3,(H,13,15). The molecule has 16 heavy (non-hydrogen) atoms. The summed E-state index contributed by atoms with van der Waals surface area (Å²) in [6, 6.07) is 4.53. The Kier molecular flexibility index (Phi) is 4.39. The SMILES string of the molecule is C=CCCNC(=O)c1ccc(OC)c(O)c1. The van der Waals surface area contributed by atoms with Crippen LogP contribution < -0.4 is 10.1 Å². The lowest BCUT2D eigenvalue weighted by atomic mass is 10.2. The summed E-state index contributed by atoms with van der Waals surface area (Å²) in [5, 5.41) is 12.2. The Morgan fingerprint density at radius 3 is 2.94 bits per heavy atom. The number of phenols is 1. The first-order chi connectivity index (χ1) is 7.69. The Morgan fingerprint density at radius 2 is 2.38 bits per heavy atom. The zero-order valence-corrected chi connectivity index (χ0v) is 9.19. The number of benzene rings is 1. The van der Waals surface area contributed by atoms with Gasteiger partial charge in [-0.2, -0.15) is 0 Å². The van der Waals surface area contributed by atoms with Crippen molar-refractivity contribution in [2.75, 3.05) is 13.7 Å². The number of hydrogen-bond donors (Lipinski definition) is 2. The summed E-state index contributed by atoms with van der Waals surface area (Å²) in [6.07, 6.45) is 2.44. The first kappa shape index (κ1) is 12.1. The van der Waals surface area contributed by atoms with Gasteiger partial charge in [-0.3, -0.25) is 4.79 Å². The van der Waals surface area contributed by atoms with Gasteiger partial charge in [-0.15, -0.1) is 6.58 Å². The van der Waals surface area contributed by atoms with E-state index in [4.69, 9.17) is 4.74 Å². The molecule has 0 fully saturated rings. The van der Waals surface area contributed by atoms with Gasteiger partial charge in [0.05, 0.1) is 7.11 Å². The lowest BCUT2D eigenvalue weighted by Gasteiger charge is -2.06. The predicted octanol–water partition coefficient (Wildman–Crippen LogP) is 1.71. The van der Waals surface area contributed by atoms with E-state index in [9.17, 15) is 9.90 Å². The third-order valence-corrected chi connectivity index (χ3v) is 2.08. The first-order valence-corrected chi connectivity index (χ1v) is 4.95. The van der Waals surface area contributed by atoms with Gasteiger partial charge < -0.3 is 15.2 Å². The molecule has 1 aromatic carbocycles. The average molecular weight is 221 g/mol. The summed E-state index contributed by atoms with van der Waals surface area (Å²) in [7, 11) is 1.46. The van der Waals surface area contributed by atoms with E-state index >= 15 is 0 Å². The van der Waals surface area contributed by atoms with Crippen LogP contribution in [0.5, 0.6) is 11.5 Å². The second-order valence-corrected chi connectivity index (χ2v) is 3.22. The highest BCUT2D eigenvalue weighted by molar-refractivity contribution is 5.94. The Labute approximate surface area is 94.6 Å². The average Bonchev–Trinajstić information content (AvgIpc) is 2.29. The maximum Gasteiger partial charge on any atom is 0.251 e. The summed E-state index contributed by atoms with van der Waals surface area (Å²) in [5.74, 6) is 0.0846. The molecule has 0 unspecified atom stereocenters. The largest absolute Gasteiger partial charge is 0.504 e. The third-order valence-electron chi connectivity index (χ3n) is 2.08. The maximum atomic E-state index is 11.6. The molecular weight excluding hydrogens is 206 g/mol. The normalized spacial score (nSPS) is 9.56. The van der Waals surface area contributed by atoms with E-state index < -0.39 is 0 Å². The van der Waals surface area contributed by atoms with Crippen LogP contribution in [0.2, 0.25) is 0 Å². The van der Waals surface area contributed by atoms with Crippen molar-refractivity contribution in [2.24, 2.45) is 0 Å². The van der Waals surface area contributed by atoms with Gasteiger partial charge in [-0.1, -0.05) is 6.08 Å². The van der Waals surface area contributed by atoms with Gasteiger partial charge in [0.1, 0.15) is 0 Å². The molecule has 1 aromatic rings. The second kappa shape index (κ2) is 5.80. The number of amides is 1. The van der Waals surface area contributed by atoms with Gasteiger partial charge in [-0.25, -0.2) is 0 Å². The number of carbonyl (C=O) groups is 1. The molecule has 1 amide bonds. The number of phenolic OH excluding ortho intramolecular Hbond substituents is 1. The summed E-state index contributed by atoms with van der Waals surface area (Å²) < 4.78 is 4.88. The van der Waals surface area contributed by atoms with Crippen LogP contribution in [0.15, 0.2) is 30.9 Å². The fourth-order valence-electron chi connectivity index (χ4n) is 1.22. The van der Waals surface area contributed by atoms with Crippen LogP contribution >= 0.6 is 0 Å².